The van der Waals surface area contributed by atoms with E-state index in [9.17, 15) is 0 Å². The van der Waals surface area contributed by atoms with E-state index in [4.69, 9.17) is 0 Å². The molecule has 5 heavy (non-hydrogen) atoms. The quantitative estimate of drug-likeness (QED) is 0.304. The smallest absolute Gasteiger partial charge is 0 e. The van der Waals surface area contributed by atoms with E-state index in [0.29, 0.717) is 0 Å². The van der Waals surface area contributed by atoms with Crippen molar-refractivity contribution in [2.45, 2.75) is 0 Å². The van der Waals surface area contributed by atoms with Gasteiger partial charge in [0.25, 0.3) is 0 Å². The fraction of sp³-hybridized carbons (Fsp3) is 0. The Labute approximate surface area is 113 Å². The number of rotatable bonds is 0. The fourth-order valence-electron chi connectivity index (χ4n) is 0. The molecule has 0 saturated carbocycles. The molecule has 7 radical (unpaired) electrons. The summed E-state index contributed by atoms with van der Waals surface area (Å²) in [5.41, 5.74) is 0. The van der Waals surface area contributed by atoms with E-state index in [2.05, 4.69) is 0 Å². The van der Waals surface area contributed by atoms with Crippen molar-refractivity contribution < 1.29 is 64.2 Å². The van der Waals surface area contributed by atoms with Crippen molar-refractivity contribution in [2.75, 3.05) is 0 Å². The molecule has 0 bridgehead atoms. The third kappa shape index (κ3) is 18.1. The van der Waals surface area contributed by atoms with Gasteiger partial charge in [0, 0.05) is 64.2 Å². The zero-order valence-electron chi connectivity index (χ0n) is 2.89. The van der Waals surface area contributed by atoms with Crippen LogP contribution in [-0.4, -0.2) is 51.2 Å². The summed E-state index contributed by atoms with van der Waals surface area (Å²) in [7, 11) is 0. The summed E-state index contributed by atoms with van der Waals surface area (Å²) in [5, 5.41) is 0. The number of hydrogen-bond donors (Lipinski definition) is 0. The molecule has 0 aromatic heterocycles. The Morgan fingerprint density at radius 3 is 0.800 bits per heavy atom. The minimum atomic E-state index is 0. The van der Waals surface area contributed by atoms with Gasteiger partial charge in [0.15, 0.2) is 0 Å². The summed E-state index contributed by atoms with van der Waals surface area (Å²) >= 11 is 0. The van der Waals surface area contributed by atoms with E-state index in [1.54, 1.807) is 0 Å². The summed E-state index contributed by atoms with van der Waals surface area (Å²) in [6.45, 7) is 0. The Balaban J connectivity index is 0. The van der Waals surface area contributed by atoms with E-state index < -0.39 is 0 Å². The van der Waals surface area contributed by atoms with Crippen LogP contribution in [0.2, 0.25) is 0 Å². The van der Waals surface area contributed by atoms with E-state index in [1.807, 2.05) is 0 Å². The summed E-state index contributed by atoms with van der Waals surface area (Å²) < 4.78 is 0. The van der Waals surface area contributed by atoms with Crippen LogP contribution in [0.1, 0.15) is 0 Å². The predicted molar refractivity (Wildman–Crippen MR) is 15.7 cm³/mol. The molecular formula is H3Nb2PbSnZn. The molecule has 0 aliphatic rings. The molecule has 0 aliphatic heterocycles. The third-order valence-electron chi connectivity index (χ3n) is 0. The monoisotopic (exact) mass is 581 g/mol. The first kappa shape index (κ1) is 36.9. The summed E-state index contributed by atoms with van der Waals surface area (Å²) in [6, 6.07) is 0. The van der Waals surface area contributed by atoms with E-state index in [0.717, 1.165) is 0 Å². The standard InChI is InChI=1S/2Nb.Pb.Sn.Zn.3H. The molecule has 0 aromatic rings. The van der Waals surface area contributed by atoms with Gasteiger partial charge in [0.05, 0.1) is 0 Å². The molecule has 0 aromatic carbocycles. The molecule has 0 heterocycles. The van der Waals surface area contributed by atoms with Gasteiger partial charge in [-0.1, -0.05) is 0 Å². The van der Waals surface area contributed by atoms with Crippen molar-refractivity contribution in [1.29, 1.82) is 0 Å². The van der Waals surface area contributed by atoms with Gasteiger partial charge in [-0.05, 0) is 0 Å². The summed E-state index contributed by atoms with van der Waals surface area (Å²) in [6.07, 6.45) is 0. The molecule has 0 rings (SSSR count). The molecule has 0 aliphatic carbocycles. The topological polar surface area (TPSA) is 0 Å². The third-order valence-corrected chi connectivity index (χ3v) is 0. The van der Waals surface area contributed by atoms with Crippen molar-refractivity contribution in [3.8, 4) is 0 Å². The Kier molecular flexibility index (Phi) is 184. The second-order valence-corrected chi connectivity index (χ2v) is 0. The van der Waals surface area contributed by atoms with E-state index in [1.165, 1.54) is 0 Å². The Bertz CT molecular complexity index is 9.61. The Morgan fingerprint density at radius 2 is 0.800 bits per heavy atom. The Morgan fingerprint density at radius 1 is 0.800 bits per heavy atom. The van der Waals surface area contributed by atoms with Gasteiger partial charge in [-0.25, -0.2) is 0 Å². The van der Waals surface area contributed by atoms with Gasteiger partial charge in [-0.15, -0.1) is 0 Å². The predicted octanol–water partition coefficient (Wildman–Crippen LogP) is -1.57. The SMILES string of the molecule is [Nb].[Nb].[PbH2].[SnH].[Zn]. The minimum absolute atomic E-state index is 0. The molecule has 0 N–H and O–H groups in total. The molecule has 0 fully saturated rings. The van der Waals surface area contributed by atoms with Crippen molar-refractivity contribution in [2.24, 2.45) is 0 Å². The maximum absolute atomic E-state index is 0. The van der Waals surface area contributed by atoms with E-state index >= 15 is 0 Å². The average molecular weight is 580 g/mol. The normalized spacial score (nSPS) is 0. The summed E-state index contributed by atoms with van der Waals surface area (Å²) in [4.78, 5) is 0. The molecule has 0 spiro atoms. The van der Waals surface area contributed by atoms with Gasteiger partial charge < -0.3 is 0 Å². The van der Waals surface area contributed by atoms with Crippen LogP contribution in [0.25, 0.3) is 0 Å². The van der Waals surface area contributed by atoms with Gasteiger partial charge in [0.1, 0.15) is 0 Å². The van der Waals surface area contributed by atoms with Crippen LogP contribution >= 0.6 is 0 Å². The fourth-order valence-corrected chi connectivity index (χ4v) is 0. The van der Waals surface area contributed by atoms with E-state index in [-0.39, 0.29) is 115 Å². The van der Waals surface area contributed by atoms with Gasteiger partial charge >= 0.3 is 51.2 Å². The second-order valence-electron chi connectivity index (χ2n) is 0. The van der Waals surface area contributed by atoms with Crippen molar-refractivity contribution in [3.63, 3.8) is 0 Å². The largest absolute Gasteiger partial charge is 0 e. The molecule has 5 heteroatoms. The molecule has 0 amide bonds. The molecule has 23 valence electrons. The summed E-state index contributed by atoms with van der Waals surface area (Å²) in [5.74, 6) is 0. The van der Waals surface area contributed by atoms with Crippen LogP contribution in [0, 0.1) is 0 Å². The van der Waals surface area contributed by atoms with Crippen LogP contribution in [0.4, 0.5) is 0 Å². The van der Waals surface area contributed by atoms with Crippen LogP contribution in [0.15, 0.2) is 0 Å². The molecule has 0 atom stereocenters. The first-order chi connectivity index (χ1) is 0. The number of hydrogen-bond acceptors (Lipinski definition) is 0. The first-order valence-electron chi connectivity index (χ1n) is 0. The first-order valence-corrected chi connectivity index (χ1v) is 0. The van der Waals surface area contributed by atoms with Crippen molar-refractivity contribution in [1.82, 2.24) is 0 Å². The zero-order valence-corrected chi connectivity index (χ0v) is 19.0. The van der Waals surface area contributed by atoms with Gasteiger partial charge in [-0.2, -0.15) is 0 Å². The van der Waals surface area contributed by atoms with Crippen LogP contribution in [0.5, 0.6) is 0 Å². The van der Waals surface area contributed by atoms with Crippen LogP contribution in [-0.2, 0) is 64.2 Å². The Hall–Kier alpha value is 3.82. The second kappa shape index (κ2) is 24.9. The minimum Gasteiger partial charge on any atom is 0 e. The molecular weight excluding hydrogens is 577 g/mol. The zero-order chi connectivity index (χ0) is 0. The molecule has 0 unspecified atom stereocenters. The maximum Gasteiger partial charge on any atom is 0 e. The van der Waals surface area contributed by atoms with Crippen LogP contribution in [0.3, 0.4) is 0 Å². The van der Waals surface area contributed by atoms with Gasteiger partial charge in [-0.3, -0.25) is 0 Å². The average Bonchev–Trinajstić information content (AvgIpc) is 0. The van der Waals surface area contributed by atoms with Gasteiger partial charge in [0.2, 0.25) is 0 Å². The maximum atomic E-state index is 0. The molecule has 0 nitrogen and oxygen atoms in total. The van der Waals surface area contributed by atoms with Crippen LogP contribution < -0.4 is 0 Å². The van der Waals surface area contributed by atoms with Crippen molar-refractivity contribution >= 4 is 51.2 Å². The van der Waals surface area contributed by atoms with Crippen molar-refractivity contribution in [3.05, 3.63) is 0 Å². The molecule has 0 saturated heterocycles.